The molecule has 1 amide bonds. The largest absolute Gasteiger partial charge is 0.380 e. The van der Waals surface area contributed by atoms with Crippen LogP contribution in [0.3, 0.4) is 0 Å². The summed E-state index contributed by atoms with van der Waals surface area (Å²) in [5.74, 6) is 0.877. The van der Waals surface area contributed by atoms with Gasteiger partial charge in [-0.05, 0) is 49.7 Å². The van der Waals surface area contributed by atoms with Gasteiger partial charge in [0.1, 0.15) is 5.71 Å². The molecule has 0 aromatic heterocycles. The molecule has 0 spiro atoms. The fourth-order valence-electron chi connectivity index (χ4n) is 2.48. The van der Waals surface area contributed by atoms with Gasteiger partial charge in [0.2, 0.25) is 0 Å². The average Bonchev–Trinajstić information content (AvgIpc) is 2.36. The van der Waals surface area contributed by atoms with E-state index in [9.17, 15) is 4.79 Å². The van der Waals surface area contributed by atoms with Crippen LogP contribution in [0.1, 0.15) is 47.0 Å². The molecule has 4 heteroatoms. The zero-order valence-electron chi connectivity index (χ0n) is 14.3. The number of methoxy groups -OCH3 is 1. The molecule has 1 N–H and O–H groups in total. The van der Waals surface area contributed by atoms with E-state index >= 15 is 0 Å². The van der Waals surface area contributed by atoms with Gasteiger partial charge >= 0.3 is 0 Å². The van der Waals surface area contributed by atoms with Gasteiger partial charge in [-0.2, -0.15) is 0 Å². The van der Waals surface area contributed by atoms with Gasteiger partial charge in [0.05, 0.1) is 6.61 Å². The molecule has 0 heterocycles. The maximum absolute atomic E-state index is 12.5. The van der Waals surface area contributed by atoms with Gasteiger partial charge in [0.15, 0.2) is 0 Å². The van der Waals surface area contributed by atoms with Crippen LogP contribution in [-0.2, 0) is 9.53 Å². The average molecular weight is 294 g/mol. The Labute approximate surface area is 129 Å². The van der Waals surface area contributed by atoms with Gasteiger partial charge in [0, 0.05) is 20.2 Å². The summed E-state index contributed by atoms with van der Waals surface area (Å²) in [6, 6.07) is 0.136. The number of carbonyl (C=O) groups excluding carboxylic acids is 1. The van der Waals surface area contributed by atoms with E-state index in [1.54, 1.807) is 14.2 Å². The van der Waals surface area contributed by atoms with Crippen LogP contribution in [0.4, 0.5) is 0 Å². The number of hydrogen-bond acceptors (Lipinski definition) is 3. The van der Waals surface area contributed by atoms with E-state index in [0.717, 1.165) is 5.57 Å². The van der Waals surface area contributed by atoms with E-state index in [1.807, 2.05) is 13.8 Å². The minimum absolute atomic E-state index is 0.0795. The van der Waals surface area contributed by atoms with E-state index in [0.29, 0.717) is 24.2 Å². The standard InChI is InChI=1S/C17H30N2O2/c1-11(2)13(4)19-17(20)16(18-5)12(3)15(10-21-6)14-8-7-9-14/h11,13-14H,7-10H2,1-6H3,(H,19,20)/b15-12-,18-16+. The summed E-state index contributed by atoms with van der Waals surface area (Å²) >= 11 is 0. The second kappa shape index (κ2) is 8.32. The van der Waals surface area contributed by atoms with E-state index < -0.39 is 0 Å². The molecule has 1 rings (SSSR count). The van der Waals surface area contributed by atoms with Crippen molar-refractivity contribution in [1.82, 2.24) is 5.32 Å². The van der Waals surface area contributed by atoms with E-state index in [2.05, 4.69) is 24.2 Å². The highest BCUT2D eigenvalue weighted by molar-refractivity contribution is 6.45. The SMILES string of the molecule is C/N=C(C(=O)NC(C)C(C)C)\C(C)=C(\COC)C1CCC1. The summed E-state index contributed by atoms with van der Waals surface area (Å²) in [6.45, 7) is 8.80. The van der Waals surface area contributed by atoms with Crippen LogP contribution in [0.15, 0.2) is 16.1 Å². The molecule has 4 nitrogen and oxygen atoms in total. The summed E-state index contributed by atoms with van der Waals surface area (Å²) in [5.41, 5.74) is 2.76. The number of carbonyl (C=O) groups is 1. The first-order chi connectivity index (χ1) is 9.92. The molecule has 0 bridgehead atoms. The lowest BCUT2D eigenvalue weighted by Gasteiger charge is -2.30. The number of amides is 1. The van der Waals surface area contributed by atoms with E-state index in [1.165, 1.54) is 24.8 Å². The van der Waals surface area contributed by atoms with Gasteiger partial charge in [-0.1, -0.05) is 20.3 Å². The highest BCUT2D eigenvalue weighted by atomic mass is 16.5. The molecule has 1 aliphatic carbocycles. The van der Waals surface area contributed by atoms with Crippen LogP contribution in [0.5, 0.6) is 0 Å². The molecule has 0 aromatic rings. The molecule has 0 radical (unpaired) electrons. The van der Waals surface area contributed by atoms with Gasteiger partial charge in [-0.25, -0.2) is 0 Å². The quantitative estimate of drug-likeness (QED) is 0.734. The van der Waals surface area contributed by atoms with Crippen molar-refractivity contribution in [2.45, 2.75) is 53.0 Å². The normalized spacial score (nSPS) is 19.1. The molecule has 1 atom stereocenters. The van der Waals surface area contributed by atoms with Crippen molar-refractivity contribution in [3.63, 3.8) is 0 Å². The molecule has 1 aliphatic rings. The Kier molecular flexibility index (Phi) is 7.09. The zero-order valence-corrected chi connectivity index (χ0v) is 14.3. The third-order valence-electron chi connectivity index (χ3n) is 4.53. The van der Waals surface area contributed by atoms with Gasteiger partial charge < -0.3 is 10.1 Å². The predicted molar refractivity (Wildman–Crippen MR) is 87.7 cm³/mol. The minimum atomic E-state index is -0.0795. The van der Waals surface area contributed by atoms with Crippen LogP contribution in [0.25, 0.3) is 0 Å². The number of rotatable bonds is 7. The Morgan fingerprint density at radius 1 is 1.33 bits per heavy atom. The van der Waals surface area contributed by atoms with Crippen LogP contribution < -0.4 is 5.32 Å². The van der Waals surface area contributed by atoms with Crippen LogP contribution in [-0.4, -0.2) is 38.4 Å². The molecular formula is C17H30N2O2. The van der Waals surface area contributed by atoms with Crippen molar-refractivity contribution in [2.75, 3.05) is 20.8 Å². The number of nitrogens with zero attached hydrogens (tertiary/aromatic N) is 1. The molecule has 0 aliphatic heterocycles. The monoisotopic (exact) mass is 294 g/mol. The maximum Gasteiger partial charge on any atom is 0.269 e. The van der Waals surface area contributed by atoms with Crippen molar-refractivity contribution < 1.29 is 9.53 Å². The number of nitrogens with one attached hydrogen (secondary N) is 1. The second-order valence-corrected chi connectivity index (χ2v) is 6.29. The van der Waals surface area contributed by atoms with Gasteiger partial charge in [0.25, 0.3) is 5.91 Å². The first kappa shape index (κ1) is 17.9. The predicted octanol–water partition coefficient (Wildman–Crippen LogP) is 2.98. The van der Waals surface area contributed by atoms with Crippen LogP contribution in [0.2, 0.25) is 0 Å². The van der Waals surface area contributed by atoms with E-state index in [4.69, 9.17) is 4.74 Å². The van der Waals surface area contributed by atoms with Crippen LogP contribution in [0, 0.1) is 11.8 Å². The molecule has 120 valence electrons. The Morgan fingerprint density at radius 2 is 1.95 bits per heavy atom. The lowest BCUT2D eigenvalue weighted by molar-refractivity contribution is -0.115. The van der Waals surface area contributed by atoms with Crippen molar-refractivity contribution in [2.24, 2.45) is 16.8 Å². The van der Waals surface area contributed by atoms with E-state index in [-0.39, 0.29) is 11.9 Å². The number of hydrogen-bond donors (Lipinski definition) is 1. The van der Waals surface area contributed by atoms with Gasteiger partial charge in [-0.3, -0.25) is 9.79 Å². The molecule has 1 saturated carbocycles. The summed E-state index contributed by atoms with van der Waals surface area (Å²) in [5, 5.41) is 3.04. The summed E-state index contributed by atoms with van der Waals surface area (Å²) in [7, 11) is 3.39. The van der Waals surface area contributed by atoms with Crippen molar-refractivity contribution in [3.05, 3.63) is 11.1 Å². The fraction of sp³-hybridized carbons (Fsp3) is 0.765. The van der Waals surface area contributed by atoms with Gasteiger partial charge in [-0.15, -0.1) is 0 Å². The Bertz CT molecular complexity index is 421. The maximum atomic E-state index is 12.5. The highest BCUT2D eigenvalue weighted by Crippen LogP contribution is 2.35. The first-order valence-electron chi connectivity index (χ1n) is 7.88. The summed E-state index contributed by atoms with van der Waals surface area (Å²) < 4.78 is 5.33. The molecule has 1 fully saturated rings. The topological polar surface area (TPSA) is 50.7 Å². The lowest BCUT2D eigenvalue weighted by atomic mass is 9.77. The third-order valence-corrected chi connectivity index (χ3v) is 4.53. The van der Waals surface area contributed by atoms with Crippen LogP contribution >= 0.6 is 0 Å². The second-order valence-electron chi connectivity index (χ2n) is 6.29. The number of aliphatic imine (C=N–C) groups is 1. The Balaban J connectivity index is 2.92. The smallest absolute Gasteiger partial charge is 0.269 e. The summed E-state index contributed by atoms with van der Waals surface area (Å²) in [6.07, 6.45) is 3.65. The highest BCUT2D eigenvalue weighted by Gasteiger charge is 2.26. The van der Waals surface area contributed by atoms with Crippen molar-refractivity contribution in [3.8, 4) is 0 Å². The lowest BCUT2D eigenvalue weighted by Crippen LogP contribution is -2.41. The molecule has 1 unspecified atom stereocenters. The van der Waals surface area contributed by atoms with Crippen molar-refractivity contribution >= 4 is 11.6 Å². The Morgan fingerprint density at radius 3 is 2.33 bits per heavy atom. The molecule has 21 heavy (non-hydrogen) atoms. The molecule has 0 saturated heterocycles. The zero-order chi connectivity index (χ0) is 16.0. The Hall–Kier alpha value is -1.16. The summed E-state index contributed by atoms with van der Waals surface area (Å²) in [4.78, 5) is 16.7. The first-order valence-corrected chi connectivity index (χ1v) is 7.88. The third kappa shape index (κ3) is 4.67. The minimum Gasteiger partial charge on any atom is -0.380 e. The fourth-order valence-corrected chi connectivity index (χ4v) is 2.48. The molecular weight excluding hydrogens is 264 g/mol. The molecule has 0 aromatic carbocycles. The van der Waals surface area contributed by atoms with Crippen molar-refractivity contribution in [1.29, 1.82) is 0 Å². The number of ether oxygens (including phenoxy) is 1.